The van der Waals surface area contributed by atoms with Gasteiger partial charge in [0.1, 0.15) is 5.75 Å². The lowest BCUT2D eigenvalue weighted by Gasteiger charge is -2.13. The maximum atomic E-state index is 12.2. The minimum absolute atomic E-state index is 0.00416. The number of carbonyl (C=O) groups excluding carboxylic acids is 2. The van der Waals surface area contributed by atoms with Crippen molar-refractivity contribution in [2.24, 2.45) is 0 Å². The van der Waals surface area contributed by atoms with Gasteiger partial charge in [-0.3, -0.25) is 9.59 Å². The summed E-state index contributed by atoms with van der Waals surface area (Å²) < 4.78 is 5.22. The summed E-state index contributed by atoms with van der Waals surface area (Å²) in [6, 6.07) is 9.89. The molecule has 2 aromatic rings. The zero-order valence-corrected chi connectivity index (χ0v) is 15.2. The number of benzene rings is 2. The van der Waals surface area contributed by atoms with Crippen LogP contribution in [-0.2, 0) is 9.59 Å². The van der Waals surface area contributed by atoms with Crippen LogP contribution >= 0.6 is 23.2 Å². The largest absolute Gasteiger partial charge is 0.495 e. The number of rotatable bonds is 6. The SMILES string of the molecule is COc1ccc(NC(C)=O)cc1NC(=O)CNc1cc(Cl)cc(Cl)c1. The molecule has 0 aliphatic carbocycles. The van der Waals surface area contributed by atoms with Gasteiger partial charge in [0.05, 0.1) is 19.3 Å². The molecule has 0 saturated carbocycles. The molecule has 0 radical (unpaired) electrons. The molecule has 8 heteroatoms. The Hall–Kier alpha value is -2.44. The van der Waals surface area contributed by atoms with Crippen molar-refractivity contribution in [1.29, 1.82) is 0 Å². The fourth-order valence-corrected chi connectivity index (χ4v) is 2.65. The summed E-state index contributed by atoms with van der Waals surface area (Å²) in [6.07, 6.45) is 0. The monoisotopic (exact) mass is 381 g/mol. The molecule has 0 saturated heterocycles. The van der Waals surface area contributed by atoms with Crippen molar-refractivity contribution in [2.45, 2.75) is 6.92 Å². The van der Waals surface area contributed by atoms with Crippen molar-refractivity contribution in [1.82, 2.24) is 0 Å². The Morgan fingerprint density at radius 3 is 2.28 bits per heavy atom. The van der Waals surface area contributed by atoms with Crippen LogP contribution in [0.2, 0.25) is 10.0 Å². The lowest BCUT2D eigenvalue weighted by Crippen LogP contribution is -2.22. The predicted octanol–water partition coefficient (Wildman–Crippen LogP) is 4.01. The van der Waals surface area contributed by atoms with Crippen molar-refractivity contribution in [3.05, 3.63) is 46.4 Å². The van der Waals surface area contributed by atoms with Gasteiger partial charge in [0.2, 0.25) is 11.8 Å². The predicted molar refractivity (Wildman–Crippen MR) is 101 cm³/mol. The maximum absolute atomic E-state index is 12.2. The van der Waals surface area contributed by atoms with Gasteiger partial charge >= 0.3 is 0 Å². The molecule has 0 spiro atoms. The lowest BCUT2D eigenvalue weighted by molar-refractivity contribution is -0.115. The highest BCUT2D eigenvalue weighted by molar-refractivity contribution is 6.35. The van der Waals surface area contributed by atoms with E-state index in [-0.39, 0.29) is 18.4 Å². The summed E-state index contributed by atoms with van der Waals surface area (Å²) in [5, 5.41) is 9.26. The Kier molecular flexibility index (Phi) is 6.50. The molecule has 0 atom stereocenters. The second-order valence-corrected chi connectivity index (χ2v) is 6.03. The van der Waals surface area contributed by atoms with E-state index in [1.54, 1.807) is 36.4 Å². The molecular formula is C17H17Cl2N3O3. The van der Waals surface area contributed by atoms with E-state index in [1.807, 2.05) is 0 Å². The van der Waals surface area contributed by atoms with Crippen LogP contribution in [0.15, 0.2) is 36.4 Å². The van der Waals surface area contributed by atoms with Crippen LogP contribution in [0.1, 0.15) is 6.92 Å². The number of nitrogens with one attached hydrogen (secondary N) is 3. The quantitative estimate of drug-likeness (QED) is 0.705. The van der Waals surface area contributed by atoms with Crippen molar-refractivity contribution in [2.75, 3.05) is 29.6 Å². The highest BCUT2D eigenvalue weighted by atomic mass is 35.5. The van der Waals surface area contributed by atoms with Crippen LogP contribution in [0.3, 0.4) is 0 Å². The number of carbonyl (C=O) groups is 2. The minimum atomic E-state index is -0.297. The number of ether oxygens (including phenoxy) is 1. The summed E-state index contributed by atoms with van der Waals surface area (Å²) in [4.78, 5) is 23.3. The average Bonchev–Trinajstić information content (AvgIpc) is 2.52. The first-order valence-corrected chi connectivity index (χ1v) is 8.08. The van der Waals surface area contributed by atoms with Gasteiger partial charge in [0, 0.05) is 28.3 Å². The Balaban J connectivity index is 2.04. The smallest absolute Gasteiger partial charge is 0.243 e. The molecule has 2 rings (SSSR count). The van der Waals surface area contributed by atoms with Crippen LogP contribution < -0.4 is 20.7 Å². The van der Waals surface area contributed by atoms with Gasteiger partial charge in [0.15, 0.2) is 0 Å². The molecule has 0 aromatic heterocycles. The number of hydrogen-bond acceptors (Lipinski definition) is 4. The maximum Gasteiger partial charge on any atom is 0.243 e. The van der Waals surface area contributed by atoms with Crippen molar-refractivity contribution in [3.63, 3.8) is 0 Å². The molecule has 132 valence electrons. The molecule has 3 N–H and O–H groups in total. The first kappa shape index (κ1) is 18.9. The fourth-order valence-electron chi connectivity index (χ4n) is 2.12. The minimum Gasteiger partial charge on any atom is -0.495 e. The summed E-state index contributed by atoms with van der Waals surface area (Å²) in [6.45, 7) is 1.41. The number of amides is 2. The molecule has 6 nitrogen and oxygen atoms in total. The van der Waals surface area contributed by atoms with Gasteiger partial charge in [-0.15, -0.1) is 0 Å². The molecule has 0 heterocycles. The van der Waals surface area contributed by atoms with Crippen LogP contribution in [0.5, 0.6) is 5.75 Å². The molecule has 0 aliphatic rings. The Morgan fingerprint density at radius 2 is 1.68 bits per heavy atom. The van der Waals surface area contributed by atoms with Crippen LogP contribution in [0.25, 0.3) is 0 Å². The number of hydrogen-bond donors (Lipinski definition) is 3. The van der Waals surface area contributed by atoms with Gasteiger partial charge < -0.3 is 20.7 Å². The zero-order valence-electron chi connectivity index (χ0n) is 13.7. The van der Waals surface area contributed by atoms with E-state index in [4.69, 9.17) is 27.9 Å². The molecule has 0 aliphatic heterocycles. The second kappa shape index (κ2) is 8.60. The molecular weight excluding hydrogens is 365 g/mol. The molecule has 0 unspecified atom stereocenters. The van der Waals surface area contributed by atoms with E-state index < -0.39 is 0 Å². The van der Waals surface area contributed by atoms with Crippen molar-refractivity contribution < 1.29 is 14.3 Å². The van der Waals surface area contributed by atoms with E-state index in [2.05, 4.69) is 16.0 Å². The molecule has 25 heavy (non-hydrogen) atoms. The van der Waals surface area contributed by atoms with Gasteiger partial charge in [-0.1, -0.05) is 23.2 Å². The highest BCUT2D eigenvalue weighted by Gasteiger charge is 2.10. The number of halogens is 2. The summed E-state index contributed by atoms with van der Waals surface area (Å²) in [5.74, 6) is -0.0235. The highest BCUT2D eigenvalue weighted by Crippen LogP contribution is 2.28. The summed E-state index contributed by atoms with van der Waals surface area (Å²) >= 11 is 11.8. The zero-order chi connectivity index (χ0) is 18.4. The van der Waals surface area contributed by atoms with E-state index >= 15 is 0 Å². The summed E-state index contributed by atoms with van der Waals surface area (Å²) in [7, 11) is 1.50. The lowest BCUT2D eigenvalue weighted by atomic mass is 10.2. The standard InChI is InChI=1S/C17H17Cl2N3O3/c1-10(23)21-13-3-4-16(25-2)15(8-13)22-17(24)9-20-14-6-11(18)5-12(19)7-14/h3-8,20H,9H2,1-2H3,(H,21,23)(H,22,24). The van der Waals surface area contributed by atoms with E-state index in [0.717, 1.165) is 0 Å². The molecule has 2 aromatic carbocycles. The third-order valence-corrected chi connectivity index (χ3v) is 3.55. The van der Waals surface area contributed by atoms with Gasteiger partial charge in [0.25, 0.3) is 0 Å². The average molecular weight is 382 g/mol. The Labute approximate surface area is 155 Å². The van der Waals surface area contributed by atoms with E-state index in [1.165, 1.54) is 14.0 Å². The number of methoxy groups -OCH3 is 1. The van der Waals surface area contributed by atoms with Gasteiger partial charge in [-0.25, -0.2) is 0 Å². The Bertz CT molecular complexity index is 776. The third-order valence-electron chi connectivity index (χ3n) is 3.11. The first-order valence-electron chi connectivity index (χ1n) is 7.33. The fraction of sp³-hybridized carbons (Fsp3) is 0.176. The van der Waals surface area contributed by atoms with Crippen molar-refractivity contribution >= 4 is 52.1 Å². The summed E-state index contributed by atoms with van der Waals surface area (Å²) in [5.41, 5.74) is 1.63. The third kappa shape index (κ3) is 5.85. The van der Waals surface area contributed by atoms with E-state index in [0.29, 0.717) is 32.9 Å². The van der Waals surface area contributed by atoms with Crippen LogP contribution in [0.4, 0.5) is 17.1 Å². The topological polar surface area (TPSA) is 79.5 Å². The molecule has 0 fully saturated rings. The second-order valence-electron chi connectivity index (χ2n) is 5.16. The molecule has 0 bridgehead atoms. The van der Waals surface area contributed by atoms with Gasteiger partial charge in [-0.2, -0.15) is 0 Å². The first-order chi connectivity index (χ1) is 11.9. The van der Waals surface area contributed by atoms with Crippen LogP contribution in [0, 0.1) is 0 Å². The van der Waals surface area contributed by atoms with E-state index in [9.17, 15) is 9.59 Å². The van der Waals surface area contributed by atoms with Crippen molar-refractivity contribution in [3.8, 4) is 5.75 Å². The van der Waals surface area contributed by atoms with Crippen LogP contribution in [-0.4, -0.2) is 25.5 Å². The molecule has 2 amide bonds. The number of anilines is 3. The Morgan fingerprint density at radius 1 is 1.00 bits per heavy atom. The normalized spacial score (nSPS) is 10.1. The van der Waals surface area contributed by atoms with Gasteiger partial charge in [-0.05, 0) is 36.4 Å².